The SMILES string of the molecule is C=CC[C@H](N)c1ccc(Cl)o1.Cl. The molecule has 0 aliphatic rings. The van der Waals surface area contributed by atoms with Gasteiger partial charge < -0.3 is 10.2 Å². The third-order valence-electron chi connectivity index (χ3n) is 1.38. The zero-order valence-corrected chi connectivity index (χ0v) is 8.07. The molecule has 1 aromatic rings. The van der Waals surface area contributed by atoms with Gasteiger partial charge in [0, 0.05) is 0 Å². The Bertz CT molecular complexity index is 247. The zero-order chi connectivity index (χ0) is 8.27. The molecular weight excluding hydrogens is 197 g/mol. The van der Waals surface area contributed by atoms with E-state index in [4.69, 9.17) is 21.8 Å². The van der Waals surface area contributed by atoms with Gasteiger partial charge in [0.05, 0.1) is 6.04 Å². The third kappa shape index (κ3) is 2.89. The van der Waals surface area contributed by atoms with Crippen molar-refractivity contribution < 1.29 is 4.42 Å². The summed E-state index contributed by atoms with van der Waals surface area (Å²) in [7, 11) is 0. The van der Waals surface area contributed by atoms with Crippen LogP contribution in [-0.2, 0) is 0 Å². The predicted molar refractivity (Wildman–Crippen MR) is 52.7 cm³/mol. The van der Waals surface area contributed by atoms with Crippen LogP contribution in [0.25, 0.3) is 0 Å². The van der Waals surface area contributed by atoms with Gasteiger partial charge in [-0.2, -0.15) is 0 Å². The van der Waals surface area contributed by atoms with Crippen LogP contribution in [0.2, 0.25) is 5.22 Å². The Kier molecular flexibility index (Phi) is 5.06. The average Bonchev–Trinajstić information content (AvgIpc) is 2.36. The van der Waals surface area contributed by atoms with Gasteiger partial charge in [0.1, 0.15) is 5.76 Å². The molecule has 68 valence electrons. The maximum atomic E-state index is 5.70. The molecule has 0 aliphatic heterocycles. The third-order valence-corrected chi connectivity index (χ3v) is 1.58. The standard InChI is InChI=1S/C8H10ClNO.ClH/c1-2-3-6(10)7-4-5-8(9)11-7;/h2,4-6H,1,3,10H2;1H/t6-;/m0./s1. The lowest BCUT2D eigenvalue weighted by Crippen LogP contribution is -2.07. The minimum Gasteiger partial charge on any atom is -0.448 e. The summed E-state index contributed by atoms with van der Waals surface area (Å²) >= 11 is 5.56. The van der Waals surface area contributed by atoms with Crippen molar-refractivity contribution in [3.63, 3.8) is 0 Å². The number of nitrogens with two attached hydrogens (primary N) is 1. The fraction of sp³-hybridized carbons (Fsp3) is 0.250. The van der Waals surface area contributed by atoms with Gasteiger partial charge in [0.15, 0.2) is 5.22 Å². The molecule has 1 rings (SSSR count). The summed E-state index contributed by atoms with van der Waals surface area (Å²) in [5.41, 5.74) is 5.70. The van der Waals surface area contributed by atoms with Crippen LogP contribution in [0.15, 0.2) is 29.2 Å². The molecular formula is C8H11Cl2NO. The second-order valence-electron chi connectivity index (χ2n) is 2.27. The monoisotopic (exact) mass is 207 g/mol. The Labute approximate surface area is 82.8 Å². The molecule has 0 saturated carbocycles. The van der Waals surface area contributed by atoms with Gasteiger partial charge in [-0.1, -0.05) is 6.08 Å². The summed E-state index contributed by atoms with van der Waals surface area (Å²) in [5, 5.41) is 0.375. The van der Waals surface area contributed by atoms with Crippen LogP contribution in [0.4, 0.5) is 0 Å². The van der Waals surface area contributed by atoms with E-state index in [9.17, 15) is 0 Å². The molecule has 0 unspecified atom stereocenters. The molecule has 0 amide bonds. The van der Waals surface area contributed by atoms with E-state index >= 15 is 0 Å². The Morgan fingerprint density at radius 2 is 2.33 bits per heavy atom. The minimum atomic E-state index is -0.125. The molecule has 0 aliphatic carbocycles. The second-order valence-corrected chi connectivity index (χ2v) is 2.65. The minimum absolute atomic E-state index is 0. The number of halogens is 2. The van der Waals surface area contributed by atoms with Crippen LogP contribution in [0, 0.1) is 0 Å². The summed E-state index contributed by atoms with van der Waals surface area (Å²) in [5.74, 6) is 0.704. The van der Waals surface area contributed by atoms with Gasteiger partial charge in [-0.3, -0.25) is 0 Å². The zero-order valence-electron chi connectivity index (χ0n) is 6.50. The fourth-order valence-corrected chi connectivity index (χ4v) is 0.975. The Hall–Kier alpha value is -0.440. The van der Waals surface area contributed by atoms with Gasteiger partial charge in [0.2, 0.25) is 0 Å². The summed E-state index contributed by atoms with van der Waals surface area (Å²) in [6.07, 6.45) is 2.45. The summed E-state index contributed by atoms with van der Waals surface area (Å²) in [4.78, 5) is 0. The van der Waals surface area contributed by atoms with Crippen molar-refractivity contribution in [2.24, 2.45) is 5.73 Å². The molecule has 12 heavy (non-hydrogen) atoms. The lowest BCUT2D eigenvalue weighted by atomic mass is 10.2. The molecule has 0 bridgehead atoms. The summed E-state index contributed by atoms with van der Waals surface area (Å²) in [6, 6.07) is 3.33. The van der Waals surface area contributed by atoms with E-state index in [1.54, 1.807) is 18.2 Å². The highest BCUT2D eigenvalue weighted by molar-refractivity contribution is 6.28. The Morgan fingerprint density at radius 1 is 1.67 bits per heavy atom. The van der Waals surface area contributed by atoms with Crippen molar-refractivity contribution >= 4 is 24.0 Å². The number of furan rings is 1. The van der Waals surface area contributed by atoms with E-state index in [1.165, 1.54) is 0 Å². The van der Waals surface area contributed by atoms with E-state index in [1.807, 2.05) is 0 Å². The molecule has 4 heteroatoms. The normalized spacial score (nSPS) is 11.8. The molecule has 1 atom stereocenters. The van der Waals surface area contributed by atoms with E-state index in [2.05, 4.69) is 6.58 Å². The largest absolute Gasteiger partial charge is 0.448 e. The van der Waals surface area contributed by atoms with E-state index in [0.29, 0.717) is 17.4 Å². The summed E-state index contributed by atoms with van der Waals surface area (Å²) in [6.45, 7) is 3.58. The molecule has 2 N–H and O–H groups in total. The maximum Gasteiger partial charge on any atom is 0.193 e. The molecule has 0 spiro atoms. The molecule has 2 nitrogen and oxygen atoms in total. The molecule has 0 fully saturated rings. The topological polar surface area (TPSA) is 39.2 Å². The van der Waals surface area contributed by atoms with Gasteiger partial charge in [-0.25, -0.2) is 0 Å². The second kappa shape index (κ2) is 5.25. The van der Waals surface area contributed by atoms with Crippen LogP contribution in [-0.4, -0.2) is 0 Å². The van der Waals surface area contributed by atoms with E-state index in [0.717, 1.165) is 0 Å². The highest BCUT2D eigenvalue weighted by Gasteiger charge is 2.07. The van der Waals surface area contributed by atoms with Gasteiger partial charge in [0.25, 0.3) is 0 Å². The number of hydrogen-bond donors (Lipinski definition) is 1. The quantitative estimate of drug-likeness (QED) is 0.775. The lowest BCUT2D eigenvalue weighted by molar-refractivity contribution is 0.469. The maximum absolute atomic E-state index is 5.70. The molecule has 0 radical (unpaired) electrons. The lowest BCUT2D eigenvalue weighted by Gasteiger charge is -2.02. The molecule has 1 heterocycles. The van der Waals surface area contributed by atoms with Crippen molar-refractivity contribution in [3.05, 3.63) is 35.8 Å². The van der Waals surface area contributed by atoms with Gasteiger partial charge in [-0.05, 0) is 30.2 Å². The molecule has 1 aromatic heterocycles. The van der Waals surface area contributed by atoms with Crippen molar-refractivity contribution in [2.45, 2.75) is 12.5 Å². The first-order valence-electron chi connectivity index (χ1n) is 3.35. The van der Waals surface area contributed by atoms with Crippen molar-refractivity contribution in [2.75, 3.05) is 0 Å². The number of hydrogen-bond acceptors (Lipinski definition) is 2. The molecule has 0 saturated heterocycles. The van der Waals surface area contributed by atoms with Crippen molar-refractivity contribution in [3.8, 4) is 0 Å². The first-order chi connectivity index (χ1) is 5.24. The van der Waals surface area contributed by atoms with Crippen molar-refractivity contribution in [1.29, 1.82) is 0 Å². The highest BCUT2D eigenvalue weighted by atomic mass is 35.5. The predicted octanol–water partition coefficient (Wildman–Crippen LogP) is 2.93. The van der Waals surface area contributed by atoms with Crippen LogP contribution >= 0.6 is 24.0 Å². The van der Waals surface area contributed by atoms with Crippen LogP contribution in [0.1, 0.15) is 18.2 Å². The van der Waals surface area contributed by atoms with Crippen LogP contribution in [0.5, 0.6) is 0 Å². The van der Waals surface area contributed by atoms with Crippen LogP contribution in [0.3, 0.4) is 0 Å². The highest BCUT2D eigenvalue weighted by Crippen LogP contribution is 2.20. The first-order valence-corrected chi connectivity index (χ1v) is 3.73. The molecule has 0 aromatic carbocycles. The van der Waals surface area contributed by atoms with Gasteiger partial charge in [-0.15, -0.1) is 19.0 Å². The van der Waals surface area contributed by atoms with Crippen LogP contribution < -0.4 is 5.73 Å². The van der Waals surface area contributed by atoms with Gasteiger partial charge >= 0.3 is 0 Å². The van der Waals surface area contributed by atoms with E-state index in [-0.39, 0.29) is 18.4 Å². The average molecular weight is 208 g/mol. The Balaban J connectivity index is 0.00000121. The van der Waals surface area contributed by atoms with Crippen molar-refractivity contribution in [1.82, 2.24) is 0 Å². The van der Waals surface area contributed by atoms with E-state index < -0.39 is 0 Å². The number of rotatable bonds is 3. The first kappa shape index (κ1) is 11.6. The summed E-state index contributed by atoms with van der Waals surface area (Å²) < 4.78 is 5.09. The smallest absolute Gasteiger partial charge is 0.193 e. The fourth-order valence-electron chi connectivity index (χ4n) is 0.823. The Morgan fingerprint density at radius 3 is 2.75 bits per heavy atom.